The Morgan fingerprint density at radius 2 is 2.24 bits per heavy atom. The Balaban J connectivity index is 0.00000144. The maximum absolute atomic E-state index is 5.80. The summed E-state index contributed by atoms with van der Waals surface area (Å²) in [5, 5.41) is 7.02. The van der Waals surface area contributed by atoms with Crippen molar-refractivity contribution in [1.29, 1.82) is 0 Å². The topological polar surface area (TPSA) is 76.4 Å². The van der Waals surface area contributed by atoms with Crippen LogP contribution in [0.2, 0.25) is 0 Å². The molecule has 0 unspecified atom stereocenters. The second-order valence-electron chi connectivity index (χ2n) is 4.17. The van der Waals surface area contributed by atoms with Gasteiger partial charge in [-0.3, -0.25) is 0 Å². The van der Waals surface area contributed by atoms with Gasteiger partial charge in [0.25, 0.3) is 0 Å². The third-order valence-corrected chi connectivity index (χ3v) is 2.86. The van der Waals surface area contributed by atoms with Gasteiger partial charge >= 0.3 is 0 Å². The van der Waals surface area contributed by atoms with Crippen molar-refractivity contribution in [3.63, 3.8) is 0 Å². The lowest BCUT2D eigenvalue weighted by Crippen LogP contribution is -2.41. The first-order valence-electron chi connectivity index (χ1n) is 5.80. The minimum Gasteiger partial charge on any atom is -0.370 e. The average molecular weight is 350 g/mol. The summed E-state index contributed by atoms with van der Waals surface area (Å²) in [6.45, 7) is 0.474. The molecule has 1 aliphatic carbocycles. The lowest BCUT2D eigenvalue weighted by atomic mass is 9.96. The van der Waals surface area contributed by atoms with Crippen molar-refractivity contribution in [1.82, 2.24) is 10.5 Å². The smallest absolute Gasteiger partial charge is 0.189 e. The van der Waals surface area contributed by atoms with Crippen molar-refractivity contribution in [2.75, 3.05) is 0 Å². The SMILES string of the molecule is I.NC(=NCc1ccon1)NC1CCCCC1. The summed E-state index contributed by atoms with van der Waals surface area (Å²) < 4.78 is 4.72. The van der Waals surface area contributed by atoms with Crippen LogP contribution in [-0.2, 0) is 6.54 Å². The molecule has 96 valence electrons. The van der Waals surface area contributed by atoms with E-state index in [1.54, 1.807) is 6.07 Å². The molecule has 2 rings (SSSR count). The molecule has 0 atom stereocenters. The van der Waals surface area contributed by atoms with Crippen LogP contribution in [0.25, 0.3) is 0 Å². The van der Waals surface area contributed by atoms with Crippen LogP contribution in [-0.4, -0.2) is 17.2 Å². The van der Waals surface area contributed by atoms with E-state index in [1.807, 2.05) is 0 Å². The predicted molar refractivity (Wildman–Crippen MR) is 77.3 cm³/mol. The normalized spacial score (nSPS) is 17.5. The van der Waals surface area contributed by atoms with Crippen LogP contribution >= 0.6 is 24.0 Å². The van der Waals surface area contributed by atoms with E-state index in [-0.39, 0.29) is 24.0 Å². The summed E-state index contributed by atoms with van der Waals surface area (Å²) in [7, 11) is 0. The predicted octanol–water partition coefficient (Wildman–Crippen LogP) is 2.03. The minimum atomic E-state index is 0. The van der Waals surface area contributed by atoms with E-state index >= 15 is 0 Å². The Bertz CT molecular complexity index is 333. The average Bonchev–Trinajstić information content (AvgIpc) is 2.81. The van der Waals surface area contributed by atoms with Gasteiger partial charge in [-0.05, 0) is 12.8 Å². The van der Waals surface area contributed by atoms with Gasteiger partial charge in [-0.1, -0.05) is 24.4 Å². The molecule has 0 aromatic carbocycles. The Labute approximate surface area is 118 Å². The summed E-state index contributed by atoms with van der Waals surface area (Å²) in [5.74, 6) is 0.509. The first kappa shape index (κ1) is 14.3. The van der Waals surface area contributed by atoms with Crippen molar-refractivity contribution in [3.05, 3.63) is 18.0 Å². The number of rotatable bonds is 3. The molecule has 1 saturated carbocycles. The van der Waals surface area contributed by atoms with E-state index in [1.165, 1.54) is 38.4 Å². The van der Waals surface area contributed by atoms with E-state index in [4.69, 9.17) is 10.3 Å². The van der Waals surface area contributed by atoms with Crippen molar-refractivity contribution in [2.24, 2.45) is 10.7 Å². The summed E-state index contributed by atoms with van der Waals surface area (Å²) in [6, 6.07) is 2.28. The Morgan fingerprint density at radius 1 is 1.47 bits per heavy atom. The molecule has 1 aliphatic rings. The molecule has 1 aromatic rings. The van der Waals surface area contributed by atoms with Gasteiger partial charge in [0.1, 0.15) is 12.0 Å². The molecule has 0 spiro atoms. The van der Waals surface area contributed by atoms with Gasteiger partial charge in [0.2, 0.25) is 0 Å². The fraction of sp³-hybridized carbons (Fsp3) is 0.636. The van der Waals surface area contributed by atoms with Gasteiger partial charge in [0.15, 0.2) is 5.96 Å². The van der Waals surface area contributed by atoms with Crippen molar-refractivity contribution < 1.29 is 4.52 Å². The van der Waals surface area contributed by atoms with E-state index in [2.05, 4.69) is 15.5 Å². The standard InChI is InChI=1S/C11H18N4O.HI/c12-11(13-8-10-6-7-16-15-10)14-9-4-2-1-3-5-9;/h6-7,9H,1-5,8H2,(H3,12,13,14);1H. The zero-order chi connectivity index (χ0) is 11.2. The third-order valence-electron chi connectivity index (χ3n) is 2.86. The lowest BCUT2D eigenvalue weighted by Gasteiger charge is -2.23. The molecule has 1 heterocycles. The van der Waals surface area contributed by atoms with Gasteiger partial charge < -0.3 is 15.6 Å². The van der Waals surface area contributed by atoms with E-state index in [0.29, 0.717) is 18.5 Å². The van der Waals surface area contributed by atoms with Crippen LogP contribution in [0.4, 0.5) is 0 Å². The second-order valence-corrected chi connectivity index (χ2v) is 4.17. The Kier molecular flexibility index (Phi) is 6.31. The van der Waals surface area contributed by atoms with Crippen LogP contribution in [0.3, 0.4) is 0 Å². The summed E-state index contributed by atoms with van der Waals surface area (Å²) in [4.78, 5) is 4.22. The van der Waals surface area contributed by atoms with Gasteiger partial charge in [-0.25, -0.2) is 4.99 Å². The van der Waals surface area contributed by atoms with Gasteiger partial charge in [-0.15, -0.1) is 24.0 Å². The number of hydrogen-bond acceptors (Lipinski definition) is 3. The molecule has 0 aliphatic heterocycles. The second kappa shape index (κ2) is 7.52. The quantitative estimate of drug-likeness (QED) is 0.497. The van der Waals surface area contributed by atoms with Crippen molar-refractivity contribution >= 4 is 29.9 Å². The number of nitrogens with zero attached hydrogens (tertiary/aromatic N) is 2. The molecule has 0 amide bonds. The molecule has 1 fully saturated rings. The molecule has 0 bridgehead atoms. The summed E-state index contributed by atoms with van der Waals surface area (Å²) >= 11 is 0. The van der Waals surface area contributed by atoms with E-state index in [9.17, 15) is 0 Å². The lowest BCUT2D eigenvalue weighted by molar-refractivity contribution is 0.409. The molecule has 5 nitrogen and oxygen atoms in total. The fourth-order valence-electron chi connectivity index (χ4n) is 1.99. The summed E-state index contributed by atoms with van der Waals surface area (Å²) in [6.07, 6.45) is 7.84. The minimum absolute atomic E-state index is 0. The van der Waals surface area contributed by atoms with Crippen molar-refractivity contribution in [3.8, 4) is 0 Å². The maximum atomic E-state index is 5.80. The van der Waals surface area contributed by atoms with E-state index in [0.717, 1.165) is 5.69 Å². The van der Waals surface area contributed by atoms with Gasteiger partial charge in [0.05, 0.1) is 6.54 Å². The van der Waals surface area contributed by atoms with Crippen LogP contribution in [0.15, 0.2) is 21.8 Å². The maximum Gasteiger partial charge on any atom is 0.189 e. The van der Waals surface area contributed by atoms with Crippen LogP contribution < -0.4 is 11.1 Å². The first-order valence-corrected chi connectivity index (χ1v) is 5.80. The van der Waals surface area contributed by atoms with Crippen molar-refractivity contribution in [2.45, 2.75) is 44.7 Å². The Hall–Kier alpha value is -0.790. The zero-order valence-corrected chi connectivity index (χ0v) is 12.1. The third kappa shape index (κ3) is 4.93. The molecular formula is C11H19IN4O. The molecule has 3 N–H and O–H groups in total. The van der Waals surface area contributed by atoms with Crippen LogP contribution in [0, 0.1) is 0 Å². The highest BCUT2D eigenvalue weighted by atomic mass is 127. The Morgan fingerprint density at radius 3 is 2.88 bits per heavy atom. The molecular weight excluding hydrogens is 331 g/mol. The highest BCUT2D eigenvalue weighted by Gasteiger charge is 2.13. The number of hydrogen-bond donors (Lipinski definition) is 2. The molecule has 0 radical (unpaired) electrons. The zero-order valence-electron chi connectivity index (χ0n) is 9.76. The number of aliphatic imine (C=N–C) groups is 1. The van der Waals surface area contributed by atoms with Gasteiger partial charge in [0, 0.05) is 12.1 Å². The highest BCUT2D eigenvalue weighted by Crippen LogP contribution is 2.16. The number of halogens is 1. The highest BCUT2D eigenvalue weighted by molar-refractivity contribution is 14.0. The number of guanidine groups is 1. The largest absolute Gasteiger partial charge is 0.370 e. The van der Waals surface area contributed by atoms with E-state index < -0.39 is 0 Å². The molecule has 0 saturated heterocycles. The number of nitrogens with two attached hydrogens (primary N) is 1. The number of aromatic nitrogens is 1. The molecule has 1 aromatic heterocycles. The van der Waals surface area contributed by atoms with Gasteiger partial charge in [-0.2, -0.15) is 0 Å². The number of nitrogens with one attached hydrogen (secondary N) is 1. The first-order chi connectivity index (χ1) is 7.84. The monoisotopic (exact) mass is 350 g/mol. The fourth-order valence-corrected chi connectivity index (χ4v) is 1.99. The molecule has 6 heteroatoms. The van der Waals surface area contributed by atoms with Crippen LogP contribution in [0.1, 0.15) is 37.8 Å². The van der Waals surface area contributed by atoms with Crippen LogP contribution in [0.5, 0.6) is 0 Å². The summed E-state index contributed by atoms with van der Waals surface area (Å²) in [5.41, 5.74) is 6.60. The molecule has 17 heavy (non-hydrogen) atoms.